The number of methoxy groups -OCH3 is 1. The summed E-state index contributed by atoms with van der Waals surface area (Å²) in [6, 6.07) is 20.1. The van der Waals surface area contributed by atoms with Gasteiger partial charge in [-0.25, -0.2) is 0 Å². The first-order valence-electron chi connectivity index (χ1n) is 8.63. The second-order valence-electron chi connectivity index (χ2n) is 6.06. The lowest BCUT2D eigenvalue weighted by Gasteiger charge is -2.13. The lowest BCUT2D eigenvalue weighted by molar-refractivity contribution is 0.0950. The van der Waals surface area contributed by atoms with Crippen LogP contribution < -0.4 is 14.8 Å². The van der Waals surface area contributed by atoms with Crippen molar-refractivity contribution in [3.63, 3.8) is 0 Å². The third-order valence-electron chi connectivity index (χ3n) is 4.12. The Morgan fingerprint density at radius 3 is 2.46 bits per heavy atom. The van der Waals surface area contributed by atoms with Crippen LogP contribution in [0.3, 0.4) is 0 Å². The van der Waals surface area contributed by atoms with Crippen LogP contribution in [0.2, 0.25) is 10.0 Å². The maximum absolute atomic E-state index is 12.5. The van der Waals surface area contributed by atoms with Crippen molar-refractivity contribution in [3.05, 3.63) is 93.5 Å². The molecule has 0 aliphatic rings. The van der Waals surface area contributed by atoms with Gasteiger partial charge in [-0.1, -0.05) is 59.6 Å². The molecule has 144 valence electrons. The summed E-state index contributed by atoms with van der Waals surface area (Å²) in [4.78, 5) is 12.5. The molecule has 0 atom stereocenters. The summed E-state index contributed by atoms with van der Waals surface area (Å²) in [6.45, 7) is 0.710. The van der Waals surface area contributed by atoms with Gasteiger partial charge in [-0.2, -0.15) is 0 Å². The molecule has 0 saturated heterocycles. The van der Waals surface area contributed by atoms with E-state index < -0.39 is 0 Å². The summed E-state index contributed by atoms with van der Waals surface area (Å²) in [7, 11) is 1.54. The van der Waals surface area contributed by atoms with Crippen molar-refractivity contribution >= 4 is 29.1 Å². The predicted octanol–water partition coefficient (Wildman–Crippen LogP) is 5.51. The summed E-state index contributed by atoms with van der Waals surface area (Å²) >= 11 is 12.0. The Morgan fingerprint density at radius 2 is 1.75 bits per heavy atom. The maximum Gasteiger partial charge on any atom is 0.251 e. The van der Waals surface area contributed by atoms with E-state index in [0.29, 0.717) is 40.3 Å². The van der Waals surface area contributed by atoms with Gasteiger partial charge in [0.05, 0.1) is 7.11 Å². The number of halogens is 2. The average molecular weight is 416 g/mol. The first-order chi connectivity index (χ1) is 13.6. The van der Waals surface area contributed by atoms with Gasteiger partial charge in [-0.05, 0) is 41.5 Å². The molecule has 0 heterocycles. The smallest absolute Gasteiger partial charge is 0.251 e. The maximum atomic E-state index is 12.5. The molecule has 1 N–H and O–H groups in total. The normalized spacial score (nSPS) is 10.4. The van der Waals surface area contributed by atoms with Crippen LogP contribution >= 0.6 is 23.2 Å². The van der Waals surface area contributed by atoms with Crippen LogP contribution in [0.25, 0.3) is 0 Å². The van der Waals surface area contributed by atoms with Crippen molar-refractivity contribution in [2.75, 3.05) is 7.11 Å². The molecule has 0 aliphatic heterocycles. The van der Waals surface area contributed by atoms with Crippen LogP contribution in [-0.4, -0.2) is 13.0 Å². The van der Waals surface area contributed by atoms with Crippen LogP contribution in [0, 0.1) is 0 Å². The van der Waals surface area contributed by atoms with Crippen LogP contribution in [0.1, 0.15) is 21.5 Å². The van der Waals surface area contributed by atoms with Crippen molar-refractivity contribution in [3.8, 4) is 11.5 Å². The fraction of sp³-hybridized carbons (Fsp3) is 0.136. The summed E-state index contributed by atoms with van der Waals surface area (Å²) in [5.41, 5.74) is 2.30. The second-order valence-corrected chi connectivity index (χ2v) is 6.90. The van der Waals surface area contributed by atoms with E-state index in [1.807, 2.05) is 30.3 Å². The highest BCUT2D eigenvalue weighted by Crippen LogP contribution is 2.29. The van der Waals surface area contributed by atoms with Gasteiger partial charge in [0.2, 0.25) is 0 Å². The highest BCUT2D eigenvalue weighted by molar-refractivity contribution is 6.35. The first kappa shape index (κ1) is 20.1. The Balaban J connectivity index is 1.65. The van der Waals surface area contributed by atoms with E-state index in [0.717, 1.165) is 11.1 Å². The number of hydrogen-bond acceptors (Lipinski definition) is 3. The SMILES string of the molecule is COc1cc(C(=O)NCc2ccc(Cl)cc2Cl)ccc1OCc1ccccc1. The van der Waals surface area contributed by atoms with Crippen LogP contribution in [0.4, 0.5) is 0 Å². The molecule has 28 heavy (non-hydrogen) atoms. The quantitative estimate of drug-likeness (QED) is 0.553. The van der Waals surface area contributed by atoms with Crippen LogP contribution in [0.15, 0.2) is 66.7 Å². The fourth-order valence-corrected chi connectivity index (χ4v) is 3.08. The molecule has 1 amide bonds. The monoisotopic (exact) mass is 415 g/mol. The number of ether oxygens (including phenoxy) is 2. The van der Waals surface area contributed by atoms with Crippen LogP contribution in [0.5, 0.6) is 11.5 Å². The number of benzene rings is 3. The van der Waals surface area contributed by atoms with Gasteiger partial charge in [0, 0.05) is 22.2 Å². The summed E-state index contributed by atoms with van der Waals surface area (Å²) < 4.78 is 11.2. The van der Waals surface area contributed by atoms with E-state index in [2.05, 4.69) is 5.32 Å². The molecular formula is C22H19Cl2NO3. The van der Waals surface area contributed by atoms with Gasteiger partial charge >= 0.3 is 0 Å². The molecule has 3 rings (SSSR count). The average Bonchev–Trinajstić information content (AvgIpc) is 2.72. The van der Waals surface area contributed by atoms with E-state index in [1.165, 1.54) is 0 Å². The first-order valence-corrected chi connectivity index (χ1v) is 9.39. The molecule has 0 saturated carbocycles. The zero-order valence-electron chi connectivity index (χ0n) is 15.2. The number of rotatable bonds is 7. The van der Waals surface area contributed by atoms with Gasteiger partial charge in [-0.15, -0.1) is 0 Å². The number of hydrogen-bond donors (Lipinski definition) is 1. The van der Waals surface area contributed by atoms with Crippen molar-refractivity contribution in [1.29, 1.82) is 0 Å². The Labute approximate surface area is 174 Å². The fourth-order valence-electron chi connectivity index (χ4n) is 2.61. The minimum atomic E-state index is -0.237. The number of nitrogens with one attached hydrogen (secondary N) is 1. The third-order valence-corrected chi connectivity index (χ3v) is 4.70. The van der Waals surface area contributed by atoms with Crippen molar-refractivity contribution in [1.82, 2.24) is 5.32 Å². The lowest BCUT2D eigenvalue weighted by Crippen LogP contribution is -2.23. The molecule has 0 aliphatic carbocycles. The molecule has 3 aromatic carbocycles. The van der Waals surface area contributed by atoms with Gasteiger partial charge < -0.3 is 14.8 Å². The summed E-state index contributed by atoms with van der Waals surface area (Å²) in [6.07, 6.45) is 0. The highest BCUT2D eigenvalue weighted by Gasteiger charge is 2.12. The van der Waals surface area contributed by atoms with Gasteiger partial charge in [0.1, 0.15) is 6.61 Å². The molecule has 0 radical (unpaired) electrons. The second kappa shape index (κ2) is 9.49. The van der Waals surface area contributed by atoms with Crippen molar-refractivity contribution in [2.45, 2.75) is 13.2 Å². The van der Waals surface area contributed by atoms with Crippen molar-refractivity contribution < 1.29 is 14.3 Å². The van der Waals surface area contributed by atoms with Crippen molar-refractivity contribution in [2.24, 2.45) is 0 Å². The Kier molecular flexibility index (Phi) is 6.80. The minimum absolute atomic E-state index is 0.237. The zero-order valence-corrected chi connectivity index (χ0v) is 16.8. The third kappa shape index (κ3) is 5.18. The summed E-state index contributed by atoms with van der Waals surface area (Å²) in [5.74, 6) is 0.829. The lowest BCUT2D eigenvalue weighted by atomic mass is 10.1. The zero-order chi connectivity index (χ0) is 19.9. The van der Waals surface area contributed by atoms with E-state index in [-0.39, 0.29) is 5.91 Å². The predicted molar refractivity (Wildman–Crippen MR) is 111 cm³/mol. The molecular weight excluding hydrogens is 397 g/mol. The van der Waals surface area contributed by atoms with Gasteiger partial charge in [0.15, 0.2) is 11.5 Å². The molecule has 0 bridgehead atoms. The molecule has 0 aromatic heterocycles. The van der Waals surface area contributed by atoms with E-state index in [1.54, 1.807) is 43.5 Å². The van der Waals surface area contributed by atoms with Crippen LogP contribution in [-0.2, 0) is 13.2 Å². The Hall–Kier alpha value is -2.69. The van der Waals surface area contributed by atoms with E-state index in [9.17, 15) is 4.79 Å². The summed E-state index contributed by atoms with van der Waals surface area (Å²) in [5, 5.41) is 3.90. The standard InChI is InChI=1S/C22H19Cl2NO3/c1-27-21-11-16(8-10-20(21)28-14-15-5-3-2-4-6-15)22(26)25-13-17-7-9-18(23)12-19(17)24/h2-12H,13-14H2,1H3,(H,25,26). The number of amides is 1. The molecule has 0 unspecified atom stereocenters. The van der Waals surface area contributed by atoms with Gasteiger partial charge in [0.25, 0.3) is 5.91 Å². The molecule has 0 fully saturated rings. The topological polar surface area (TPSA) is 47.6 Å². The Morgan fingerprint density at radius 1 is 0.964 bits per heavy atom. The van der Waals surface area contributed by atoms with E-state index >= 15 is 0 Å². The highest BCUT2D eigenvalue weighted by atomic mass is 35.5. The minimum Gasteiger partial charge on any atom is -0.493 e. The molecule has 6 heteroatoms. The number of carbonyl (C=O) groups excluding carboxylic acids is 1. The Bertz CT molecular complexity index is 961. The number of carbonyl (C=O) groups is 1. The largest absolute Gasteiger partial charge is 0.493 e. The van der Waals surface area contributed by atoms with E-state index in [4.69, 9.17) is 32.7 Å². The van der Waals surface area contributed by atoms with Gasteiger partial charge in [-0.3, -0.25) is 4.79 Å². The molecule has 4 nitrogen and oxygen atoms in total. The molecule has 3 aromatic rings. The molecule has 0 spiro atoms.